The van der Waals surface area contributed by atoms with Crippen molar-refractivity contribution in [3.05, 3.63) is 30.1 Å². The van der Waals surface area contributed by atoms with Crippen LogP contribution in [0.3, 0.4) is 0 Å². The maximum absolute atomic E-state index is 5.32. The summed E-state index contributed by atoms with van der Waals surface area (Å²) in [6, 6.07) is 6.60. The van der Waals surface area contributed by atoms with Crippen molar-refractivity contribution in [3.63, 3.8) is 0 Å². The van der Waals surface area contributed by atoms with Crippen LogP contribution in [0.2, 0.25) is 6.04 Å². The molecule has 1 aromatic heterocycles. The minimum absolute atomic E-state index is 0.744. The minimum Gasteiger partial charge on any atom is -0.377 e. The molecule has 0 aliphatic carbocycles. The van der Waals surface area contributed by atoms with Gasteiger partial charge >= 0.3 is 8.80 Å². The molecule has 0 saturated carbocycles. The molecule has 0 atom stereocenters. The first-order chi connectivity index (χ1) is 7.26. The highest BCUT2D eigenvalue weighted by Gasteiger charge is 2.37. The fourth-order valence-corrected chi connectivity index (χ4v) is 3.06. The molecule has 5 heteroatoms. The molecule has 15 heavy (non-hydrogen) atoms. The topological polar surface area (TPSA) is 40.6 Å². The molecule has 0 aliphatic heterocycles. The predicted octanol–water partition coefficient (Wildman–Crippen LogP) is 1.50. The molecule has 0 aromatic carbocycles. The molecule has 0 saturated heterocycles. The van der Waals surface area contributed by atoms with E-state index in [1.165, 1.54) is 0 Å². The van der Waals surface area contributed by atoms with Gasteiger partial charge < -0.3 is 13.3 Å². The van der Waals surface area contributed by atoms with Crippen LogP contribution in [-0.2, 0) is 19.7 Å². The highest BCUT2D eigenvalue weighted by molar-refractivity contribution is 6.60. The fourth-order valence-electron chi connectivity index (χ4n) is 1.38. The second kappa shape index (κ2) is 5.97. The van der Waals surface area contributed by atoms with Gasteiger partial charge in [0.15, 0.2) is 0 Å². The van der Waals surface area contributed by atoms with Gasteiger partial charge in [0.05, 0.1) is 0 Å². The zero-order valence-corrected chi connectivity index (χ0v) is 10.4. The van der Waals surface area contributed by atoms with Crippen LogP contribution in [0, 0.1) is 0 Å². The molecular formula is C10H17NO3Si. The van der Waals surface area contributed by atoms with Gasteiger partial charge in [-0.2, -0.15) is 0 Å². The van der Waals surface area contributed by atoms with Crippen molar-refractivity contribution in [2.75, 3.05) is 21.3 Å². The van der Waals surface area contributed by atoms with E-state index in [-0.39, 0.29) is 0 Å². The number of aryl methyl sites for hydroxylation is 1. The summed E-state index contributed by atoms with van der Waals surface area (Å²) < 4.78 is 16.0. The molecule has 0 bridgehead atoms. The zero-order valence-electron chi connectivity index (χ0n) is 9.40. The van der Waals surface area contributed by atoms with Crippen LogP contribution in [-0.4, -0.2) is 35.1 Å². The van der Waals surface area contributed by atoms with E-state index in [1.807, 2.05) is 18.2 Å². The molecule has 0 N–H and O–H groups in total. The zero-order chi connectivity index (χ0) is 11.1. The van der Waals surface area contributed by atoms with Crippen molar-refractivity contribution in [2.24, 2.45) is 0 Å². The Balaban J connectivity index is 2.54. The Morgan fingerprint density at radius 1 is 1.13 bits per heavy atom. The van der Waals surface area contributed by atoms with E-state index in [4.69, 9.17) is 13.3 Å². The van der Waals surface area contributed by atoms with Gasteiger partial charge in [0.2, 0.25) is 0 Å². The molecule has 0 radical (unpaired) electrons. The first-order valence-electron chi connectivity index (χ1n) is 4.81. The standard InChI is InChI=1S/C10H17NO3Si/c1-12-15(13-2,14-3)9-7-10-6-4-5-8-11-10/h4-6,8H,7,9H2,1-3H3. The highest BCUT2D eigenvalue weighted by atomic mass is 28.4. The lowest BCUT2D eigenvalue weighted by Gasteiger charge is -2.23. The Kier molecular flexibility index (Phi) is 4.90. The first-order valence-corrected chi connectivity index (χ1v) is 6.75. The van der Waals surface area contributed by atoms with Crippen LogP contribution >= 0.6 is 0 Å². The van der Waals surface area contributed by atoms with Crippen LogP contribution in [0.25, 0.3) is 0 Å². The van der Waals surface area contributed by atoms with E-state index in [1.54, 1.807) is 27.5 Å². The van der Waals surface area contributed by atoms with Crippen molar-refractivity contribution in [2.45, 2.75) is 12.5 Å². The van der Waals surface area contributed by atoms with Gasteiger partial charge in [-0.15, -0.1) is 0 Å². The molecule has 1 aromatic rings. The number of hydrogen-bond acceptors (Lipinski definition) is 4. The fraction of sp³-hybridized carbons (Fsp3) is 0.500. The summed E-state index contributed by atoms with van der Waals surface area (Å²) >= 11 is 0. The molecular weight excluding hydrogens is 210 g/mol. The Morgan fingerprint density at radius 2 is 1.80 bits per heavy atom. The summed E-state index contributed by atoms with van der Waals surface area (Å²) in [5, 5.41) is 0. The van der Waals surface area contributed by atoms with Crippen LogP contribution in [0.1, 0.15) is 5.69 Å². The second-order valence-electron chi connectivity index (χ2n) is 3.12. The molecule has 4 nitrogen and oxygen atoms in total. The lowest BCUT2D eigenvalue weighted by molar-refractivity contribution is 0.123. The maximum atomic E-state index is 5.32. The minimum atomic E-state index is -2.44. The van der Waals surface area contributed by atoms with Crippen molar-refractivity contribution in [1.82, 2.24) is 4.98 Å². The molecule has 0 spiro atoms. The molecule has 0 fully saturated rings. The monoisotopic (exact) mass is 227 g/mol. The normalized spacial score (nSPS) is 11.7. The number of nitrogens with zero attached hydrogens (tertiary/aromatic N) is 1. The number of pyridine rings is 1. The van der Waals surface area contributed by atoms with Crippen molar-refractivity contribution in [1.29, 1.82) is 0 Å². The van der Waals surface area contributed by atoms with Crippen LogP contribution in [0.15, 0.2) is 24.4 Å². The van der Waals surface area contributed by atoms with Gasteiger partial charge in [-0.1, -0.05) is 6.07 Å². The largest absolute Gasteiger partial charge is 0.500 e. The molecule has 84 valence electrons. The Bertz CT molecular complexity index is 269. The molecule has 1 heterocycles. The Morgan fingerprint density at radius 3 is 2.27 bits per heavy atom. The van der Waals surface area contributed by atoms with E-state index < -0.39 is 8.80 Å². The smallest absolute Gasteiger partial charge is 0.377 e. The number of hydrogen-bond donors (Lipinski definition) is 0. The van der Waals surface area contributed by atoms with Crippen LogP contribution in [0.4, 0.5) is 0 Å². The molecule has 1 rings (SSSR count). The third-order valence-electron chi connectivity index (χ3n) is 2.35. The average molecular weight is 227 g/mol. The van der Waals surface area contributed by atoms with E-state index in [0.717, 1.165) is 18.2 Å². The van der Waals surface area contributed by atoms with E-state index >= 15 is 0 Å². The van der Waals surface area contributed by atoms with Gasteiger partial charge in [-0.05, 0) is 18.6 Å². The van der Waals surface area contributed by atoms with Crippen molar-refractivity contribution >= 4 is 8.80 Å². The summed E-state index contributed by atoms with van der Waals surface area (Å²) in [6.07, 6.45) is 2.59. The highest BCUT2D eigenvalue weighted by Crippen LogP contribution is 2.15. The van der Waals surface area contributed by atoms with Gasteiger partial charge in [0.1, 0.15) is 0 Å². The molecule has 0 unspecified atom stereocenters. The Labute approximate surface area is 91.6 Å². The van der Waals surface area contributed by atoms with Gasteiger partial charge in [-0.3, -0.25) is 4.98 Å². The SMILES string of the molecule is CO[Si](CCc1ccccn1)(OC)OC. The van der Waals surface area contributed by atoms with Crippen molar-refractivity contribution < 1.29 is 13.3 Å². The van der Waals surface area contributed by atoms with Gasteiger partial charge in [0.25, 0.3) is 0 Å². The lowest BCUT2D eigenvalue weighted by Crippen LogP contribution is -2.43. The third-order valence-corrected chi connectivity index (χ3v) is 5.07. The predicted molar refractivity (Wildman–Crippen MR) is 59.5 cm³/mol. The van der Waals surface area contributed by atoms with Gasteiger partial charge in [-0.25, -0.2) is 0 Å². The summed E-state index contributed by atoms with van der Waals surface area (Å²) in [7, 11) is 2.43. The van der Waals surface area contributed by atoms with Crippen LogP contribution < -0.4 is 0 Å². The van der Waals surface area contributed by atoms with Crippen molar-refractivity contribution in [3.8, 4) is 0 Å². The first kappa shape index (κ1) is 12.3. The average Bonchev–Trinajstić information content (AvgIpc) is 2.33. The summed E-state index contributed by atoms with van der Waals surface area (Å²) in [5.74, 6) is 0. The van der Waals surface area contributed by atoms with E-state index in [2.05, 4.69) is 4.98 Å². The molecule has 0 amide bonds. The number of aromatic nitrogens is 1. The quantitative estimate of drug-likeness (QED) is 0.691. The third kappa shape index (κ3) is 3.39. The lowest BCUT2D eigenvalue weighted by atomic mass is 10.3. The van der Waals surface area contributed by atoms with E-state index in [0.29, 0.717) is 0 Å². The molecule has 0 aliphatic rings. The second-order valence-corrected chi connectivity index (χ2v) is 6.21. The summed E-state index contributed by atoms with van der Waals surface area (Å²) in [6.45, 7) is 0. The summed E-state index contributed by atoms with van der Waals surface area (Å²) in [4.78, 5) is 4.24. The van der Waals surface area contributed by atoms with Gasteiger partial charge in [0, 0.05) is 39.3 Å². The summed E-state index contributed by atoms with van der Waals surface area (Å²) in [5.41, 5.74) is 1.03. The Hall–Kier alpha value is -0.753. The number of rotatable bonds is 6. The van der Waals surface area contributed by atoms with Crippen LogP contribution in [0.5, 0.6) is 0 Å². The maximum Gasteiger partial charge on any atom is 0.500 e. The van der Waals surface area contributed by atoms with E-state index in [9.17, 15) is 0 Å².